The third-order valence-electron chi connectivity index (χ3n) is 3.96. The summed E-state index contributed by atoms with van der Waals surface area (Å²) < 4.78 is 25.8. The molecule has 1 atom stereocenters. The fraction of sp³-hybridized carbons (Fsp3) is 0.562. The van der Waals surface area contributed by atoms with Crippen LogP contribution in [0.3, 0.4) is 0 Å². The number of aryl methyl sites for hydroxylation is 1. The topological polar surface area (TPSA) is 29.1 Å². The van der Waals surface area contributed by atoms with Crippen molar-refractivity contribution in [3.8, 4) is 0 Å². The molecule has 0 bridgehead atoms. The van der Waals surface area contributed by atoms with Crippen LogP contribution < -0.4 is 5.32 Å². The largest absolute Gasteiger partial charge is 0.353 e. The molecule has 1 aromatic rings. The van der Waals surface area contributed by atoms with Crippen molar-refractivity contribution < 1.29 is 13.6 Å². The summed E-state index contributed by atoms with van der Waals surface area (Å²) in [7, 11) is 0. The van der Waals surface area contributed by atoms with Crippen molar-refractivity contribution in [2.75, 3.05) is 0 Å². The van der Waals surface area contributed by atoms with Gasteiger partial charge in [-0.3, -0.25) is 4.79 Å². The minimum Gasteiger partial charge on any atom is -0.353 e. The Morgan fingerprint density at radius 3 is 2.70 bits per heavy atom. The lowest BCUT2D eigenvalue weighted by atomic mass is 9.92. The van der Waals surface area contributed by atoms with E-state index in [1.165, 1.54) is 6.07 Å². The molecule has 110 valence electrons. The summed E-state index contributed by atoms with van der Waals surface area (Å²) in [6.45, 7) is 4.42. The quantitative estimate of drug-likeness (QED) is 0.897. The number of hydrogen-bond donors (Lipinski definition) is 1. The van der Waals surface area contributed by atoms with Crippen molar-refractivity contribution in [2.45, 2.75) is 52.0 Å². The predicted molar refractivity (Wildman–Crippen MR) is 74.2 cm³/mol. The predicted octanol–water partition coefficient (Wildman–Crippen LogP) is 3.59. The molecule has 1 fully saturated rings. The first-order chi connectivity index (χ1) is 9.35. The van der Waals surface area contributed by atoms with E-state index in [4.69, 9.17) is 0 Å². The van der Waals surface area contributed by atoms with Crippen LogP contribution in [-0.4, -0.2) is 11.9 Å². The molecule has 1 unspecified atom stereocenters. The molecule has 0 radical (unpaired) electrons. The second kappa shape index (κ2) is 5.90. The van der Waals surface area contributed by atoms with Crippen LogP contribution in [0.15, 0.2) is 18.2 Å². The van der Waals surface area contributed by atoms with Crippen molar-refractivity contribution in [3.63, 3.8) is 0 Å². The number of carbonyl (C=O) groups excluding carboxylic acids is 1. The Kier molecular flexibility index (Phi) is 4.41. The summed E-state index contributed by atoms with van der Waals surface area (Å²) in [6.07, 6.45) is 3.89. The Morgan fingerprint density at radius 1 is 1.35 bits per heavy atom. The van der Waals surface area contributed by atoms with Gasteiger partial charge in [0.15, 0.2) is 11.6 Å². The third-order valence-corrected chi connectivity index (χ3v) is 3.96. The zero-order valence-electron chi connectivity index (χ0n) is 12.0. The average molecular weight is 281 g/mol. The third kappa shape index (κ3) is 4.02. The molecular weight excluding hydrogens is 260 g/mol. The van der Waals surface area contributed by atoms with Crippen molar-refractivity contribution in [1.29, 1.82) is 0 Å². The number of nitrogens with one attached hydrogen (secondary N) is 1. The van der Waals surface area contributed by atoms with Crippen LogP contribution in [0.5, 0.6) is 0 Å². The summed E-state index contributed by atoms with van der Waals surface area (Å²) in [5, 5.41) is 3.02. The Morgan fingerprint density at radius 2 is 2.10 bits per heavy atom. The smallest absolute Gasteiger partial charge is 0.220 e. The highest BCUT2D eigenvalue weighted by atomic mass is 19.2. The minimum atomic E-state index is -0.861. The van der Waals surface area contributed by atoms with Gasteiger partial charge < -0.3 is 5.32 Å². The summed E-state index contributed by atoms with van der Waals surface area (Å²) in [5.41, 5.74) is 0.948. The summed E-state index contributed by atoms with van der Waals surface area (Å²) in [6, 6.07) is 4.02. The van der Waals surface area contributed by atoms with Crippen molar-refractivity contribution in [1.82, 2.24) is 5.32 Å². The fourth-order valence-electron chi connectivity index (χ4n) is 2.81. The summed E-state index contributed by atoms with van der Waals surface area (Å²) in [4.78, 5) is 11.9. The SMILES string of the molecule is CC1(C)CCC(NC(=O)CCc2ccc(F)c(F)c2)C1. The van der Waals surface area contributed by atoms with Gasteiger partial charge in [0.25, 0.3) is 0 Å². The molecule has 0 spiro atoms. The Hall–Kier alpha value is -1.45. The van der Waals surface area contributed by atoms with Gasteiger partial charge in [-0.05, 0) is 48.8 Å². The van der Waals surface area contributed by atoms with Crippen LogP contribution in [0.4, 0.5) is 8.78 Å². The van der Waals surface area contributed by atoms with E-state index in [1.54, 1.807) is 0 Å². The highest BCUT2D eigenvalue weighted by Crippen LogP contribution is 2.36. The normalized spacial score (nSPS) is 20.9. The first kappa shape index (κ1) is 14.9. The number of rotatable bonds is 4. The zero-order chi connectivity index (χ0) is 14.8. The minimum absolute atomic E-state index is 0.0163. The molecule has 0 heterocycles. The number of hydrogen-bond acceptors (Lipinski definition) is 1. The summed E-state index contributed by atoms with van der Waals surface area (Å²) >= 11 is 0. The Bertz CT molecular complexity index is 499. The van der Waals surface area contributed by atoms with Gasteiger partial charge in [0.1, 0.15) is 0 Å². The van der Waals surface area contributed by atoms with Gasteiger partial charge in [-0.2, -0.15) is 0 Å². The molecule has 1 amide bonds. The number of carbonyl (C=O) groups is 1. The molecule has 1 aliphatic carbocycles. The second-order valence-corrected chi connectivity index (χ2v) is 6.42. The zero-order valence-corrected chi connectivity index (χ0v) is 12.0. The van der Waals surface area contributed by atoms with Gasteiger partial charge >= 0.3 is 0 Å². The lowest BCUT2D eigenvalue weighted by molar-refractivity contribution is -0.121. The Labute approximate surface area is 118 Å². The van der Waals surface area contributed by atoms with Gasteiger partial charge in [0.2, 0.25) is 5.91 Å². The van der Waals surface area contributed by atoms with Gasteiger partial charge in [-0.25, -0.2) is 8.78 Å². The molecule has 20 heavy (non-hydrogen) atoms. The van der Waals surface area contributed by atoms with E-state index in [0.29, 0.717) is 23.8 Å². The maximum Gasteiger partial charge on any atom is 0.220 e. The van der Waals surface area contributed by atoms with E-state index in [1.807, 2.05) is 0 Å². The molecule has 1 N–H and O–H groups in total. The molecule has 1 aliphatic rings. The summed E-state index contributed by atoms with van der Waals surface area (Å²) in [5.74, 6) is -1.73. The lowest BCUT2D eigenvalue weighted by Crippen LogP contribution is -2.33. The maximum absolute atomic E-state index is 13.0. The van der Waals surface area contributed by atoms with Crippen molar-refractivity contribution >= 4 is 5.91 Å². The molecule has 1 saturated carbocycles. The Balaban J connectivity index is 1.79. The van der Waals surface area contributed by atoms with E-state index in [9.17, 15) is 13.6 Å². The molecule has 2 rings (SSSR count). The van der Waals surface area contributed by atoms with Gasteiger partial charge in [0, 0.05) is 12.5 Å². The van der Waals surface area contributed by atoms with Gasteiger partial charge in [-0.1, -0.05) is 19.9 Å². The van der Waals surface area contributed by atoms with Crippen LogP contribution in [0.2, 0.25) is 0 Å². The van der Waals surface area contributed by atoms with E-state index in [2.05, 4.69) is 19.2 Å². The maximum atomic E-state index is 13.0. The van der Waals surface area contributed by atoms with Crippen LogP contribution in [0.1, 0.15) is 45.1 Å². The monoisotopic (exact) mass is 281 g/mol. The standard InChI is InChI=1S/C16H21F2NO/c1-16(2)8-7-12(10-16)19-15(20)6-4-11-3-5-13(17)14(18)9-11/h3,5,9,12H,4,6-8,10H2,1-2H3,(H,19,20). The van der Waals surface area contributed by atoms with Crippen LogP contribution in [0.25, 0.3) is 0 Å². The first-order valence-electron chi connectivity index (χ1n) is 7.09. The second-order valence-electron chi connectivity index (χ2n) is 6.42. The van der Waals surface area contributed by atoms with Gasteiger partial charge in [0.05, 0.1) is 0 Å². The molecule has 0 aliphatic heterocycles. The average Bonchev–Trinajstić information content (AvgIpc) is 2.70. The molecular formula is C16H21F2NO. The highest BCUT2D eigenvalue weighted by molar-refractivity contribution is 5.76. The molecule has 0 aromatic heterocycles. The van der Waals surface area contributed by atoms with E-state index in [-0.39, 0.29) is 11.9 Å². The van der Waals surface area contributed by atoms with E-state index in [0.717, 1.165) is 31.4 Å². The number of halogens is 2. The number of benzene rings is 1. The highest BCUT2D eigenvalue weighted by Gasteiger charge is 2.31. The van der Waals surface area contributed by atoms with Gasteiger partial charge in [-0.15, -0.1) is 0 Å². The van der Waals surface area contributed by atoms with Crippen LogP contribution in [-0.2, 0) is 11.2 Å². The van der Waals surface area contributed by atoms with E-state index >= 15 is 0 Å². The lowest BCUT2D eigenvalue weighted by Gasteiger charge is -2.17. The van der Waals surface area contributed by atoms with Crippen molar-refractivity contribution in [3.05, 3.63) is 35.4 Å². The van der Waals surface area contributed by atoms with E-state index < -0.39 is 11.6 Å². The van der Waals surface area contributed by atoms with Crippen LogP contribution in [0, 0.1) is 17.0 Å². The van der Waals surface area contributed by atoms with Crippen LogP contribution >= 0.6 is 0 Å². The fourth-order valence-corrected chi connectivity index (χ4v) is 2.81. The first-order valence-corrected chi connectivity index (χ1v) is 7.09. The molecule has 1 aromatic carbocycles. The van der Waals surface area contributed by atoms with Crippen molar-refractivity contribution in [2.24, 2.45) is 5.41 Å². The molecule has 2 nitrogen and oxygen atoms in total. The number of amides is 1. The molecule has 0 saturated heterocycles. The molecule has 4 heteroatoms.